The summed E-state index contributed by atoms with van der Waals surface area (Å²) in [5, 5.41) is 17.0. The Bertz CT molecular complexity index is 865. The van der Waals surface area contributed by atoms with Gasteiger partial charge >= 0.3 is 5.97 Å². The van der Waals surface area contributed by atoms with Gasteiger partial charge in [0.2, 0.25) is 0 Å². The molecular weight excluding hydrogens is 338 g/mol. The van der Waals surface area contributed by atoms with Gasteiger partial charge in [-0.3, -0.25) is 0 Å². The van der Waals surface area contributed by atoms with E-state index in [0.717, 1.165) is 21.8 Å². The first-order chi connectivity index (χ1) is 12.1. The van der Waals surface area contributed by atoms with E-state index < -0.39 is 5.97 Å². The van der Waals surface area contributed by atoms with Crippen molar-refractivity contribution in [1.29, 1.82) is 0 Å². The molecule has 0 saturated heterocycles. The molecule has 0 aliphatic rings. The molecule has 128 valence electrons. The molecule has 3 aromatic rings. The van der Waals surface area contributed by atoms with Crippen LogP contribution in [0.25, 0.3) is 5.69 Å². The average molecular weight is 355 g/mol. The lowest BCUT2D eigenvalue weighted by molar-refractivity contribution is -0.139. The van der Waals surface area contributed by atoms with Gasteiger partial charge in [0.1, 0.15) is 5.75 Å². The summed E-state index contributed by atoms with van der Waals surface area (Å²) in [5.74, 6) is 0.294. The smallest absolute Gasteiger partial charge is 0.341 e. The highest BCUT2D eigenvalue weighted by molar-refractivity contribution is 7.98. The zero-order valence-electron chi connectivity index (χ0n) is 13.6. The molecule has 1 N–H and O–H groups in total. The van der Waals surface area contributed by atoms with Crippen molar-refractivity contribution in [1.82, 2.24) is 15.0 Å². The molecule has 0 radical (unpaired) electrons. The fourth-order valence-electron chi connectivity index (χ4n) is 2.24. The van der Waals surface area contributed by atoms with Crippen LogP contribution in [-0.4, -0.2) is 32.7 Å². The summed E-state index contributed by atoms with van der Waals surface area (Å²) >= 11 is 1.64. The Morgan fingerprint density at radius 1 is 1.24 bits per heavy atom. The Kier molecular flexibility index (Phi) is 5.35. The Labute approximate surface area is 149 Å². The summed E-state index contributed by atoms with van der Waals surface area (Å²) < 4.78 is 6.99. The standard InChI is InChI=1S/C18H17N3O3S/c1-13-9-16(7-8-17(13)24-11-18(22)23)25-12-14-10-21(20-19-14)15-5-3-2-4-6-15/h2-10H,11-12H2,1H3,(H,22,23). The fourth-order valence-corrected chi connectivity index (χ4v) is 3.11. The number of carboxylic acids is 1. The topological polar surface area (TPSA) is 77.2 Å². The van der Waals surface area contributed by atoms with Crippen molar-refractivity contribution < 1.29 is 14.6 Å². The average Bonchev–Trinajstić information content (AvgIpc) is 3.09. The van der Waals surface area contributed by atoms with Crippen LogP contribution in [0.5, 0.6) is 5.75 Å². The number of hydrogen-bond donors (Lipinski definition) is 1. The van der Waals surface area contributed by atoms with Gasteiger partial charge in [0.15, 0.2) is 6.61 Å². The van der Waals surface area contributed by atoms with Crippen LogP contribution in [0.4, 0.5) is 0 Å². The summed E-state index contributed by atoms with van der Waals surface area (Å²) in [6.07, 6.45) is 1.92. The lowest BCUT2D eigenvalue weighted by atomic mass is 10.2. The quantitative estimate of drug-likeness (QED) is 0.655. The molecule has 0 bridgehead atoms. The van der Waals surface area contributed by atoms with Crippen molar-refractivity contribution >= 4 is 17.7 Å². The van der Waals surface area contributed by atoms with E-state index in [1.165, 1.54) is 0 Å². The first kappa shape index (κ1) is 17.0. The number of thioether (sulfide) groups is 1. The lowest BCUT2D eigenvalue weighted by Gasteiger charge is -2.08. The zero-order valence-corrected chi connectivity index (χ0v) is 14.4. The van der Waals surface area contributed by atoms with Gasteiger partial charge in [0.25, 0.3) is 0 Å². The predicted molar refractivity (Wildman–Crippen MR) is 95.2 cm³/mol. The van der Waals surface area contributed by atoms with Crippen LogP contribution in [-0.2, 0) is 10.5 Å². The maximum absolute atomic E-state index is 10.6. The highest BCUT2D eigenvalue weighted by Gasteiger charge is 2.07. The Morgan fingerprint density at radius 2 is 2.04 bits per heavy atom. The van der Waals surface area contributed by atoms with Gasteiger partial charge in [-0.2, -0.15) is 0 Å². The minimum absolute atomic E-state index is 0.337. The van der Waals surface area contributed by atoms with Crippen molar-refractivity contribution in [2.24, 2.45) is 0 Å². The molecule has 7 heteroatoms. The number of para-hydroxylation sites is 1. The molecule has 1 aromatic heterocycles. The molecular formula is C18H17N3O3S. The Hall–Kier alpha value is -2.80. The predicted octanol–water partition coefficient (Wildman–Crippen LogP) is 3.33. The number of ether oxygens (including phenoxy) is 1. The van der Waals surface area contributed by atoms with E-state index in [2.05, 4.69) is 10.3 Å². The molecule has 3 rings (SSSR count). The Balaban J connectivity index is 1.61. The molecule has 0 amide bonds. The summed E-state index contributed by atoms with van der Waals surface area (Å²) in [4.78, 5) is 11.6. The van der Waals surface area contributed by atoms with E-state index in [0.29, 0.717) is 11.5 Å². The van der Waals surface area contributed by atoms with E-state index >= 15 is 0 Å². The number of hydrogen-bond acceptors (Lipinski definition) is 5. The van der Waals surface area contributed by atoms with Gasteiger partial charge in [-0.05, 0) is 42.8 Å². The van der Waals surface area contributed by atoms with Crippen molar-refractivity contribution in [2.75, 3.05) is 6.61 Å². The van der Waals surface area contributed by atoms with Crippen molar-refractivity contribution in [3.05, 3.63) is 66.0 Å². The fraction of sp³-hybridized carbons (Fsp3) is 0.167. The normalized spacial score (nSPS) is 10.6. The third kappa shape index (κ3) is 4.60. The van der Waals surface area contributed by atoms with E-state index in [9.17, 15) is 4.79 Å². The van der Waals surface area contributed by atoms with Gasteiger partial charge in [-0.15, -0.1) is 16.9 Å². The van der Waals surface area contributed by atoms with Crippen molar-refractivity contribution in [3.8, 4) is 11.4 Å². The largest absolute Gasteiger partial charge is 0.482 e. The van der Waals surface area contributed by atoms with E-state index in [4.69, 9.17) is 9.84 Å². The third-order valence-corrected chi connectivity index (χ3v) is 4.47. The van der Waals surface area contributed by atoms with Crippen LogP contribution in [0.15, 0.2) is 59.6 Å². The number of benzene rings is 2. The van der Waals surface area contributed by atoms with Crippen LogP contribution >= 0.6 is 11.8 Å². The maximum atomic E-state index is 10.6. The number of rotatable bonds is 7. The summed E-state index contributed by atoms with van der Waals surface area (Å²) in [6, 6.07) is 15.5. The van der Waals surface area contributed by atoms with E-state index in [1.54, 1.807) is 22.5 Å². The molecule has 6 nitrogen and oxygen atoms in total. The molecule has 0 saturated carbocycles. The number of aryl methyl sites for hydroxylation is 1. The minimum Gasteiger partial charge on any atom is -0.482 e. The molecule has 25 heavy (non-hydrogen) atoms. The van der Waals surface area contributed by atoms with Crippen LogP contribution in [0.1, 0.15) is 11.3 Å². The minimum atomic E-state index is -0.987. The number of carbonyl (C=O) groups is 1. The molecule has 2 aromatic carbocycles. The lowest BCUT2D eigenvalue weighted by Crippen LogP contribution is -2.09. The zero-order chi connectivity index (χ0) is 17.6. The maximum Gasteiger partial charge on any atom is 0.341 e. The number of carboxylic acid groups (broad SMARTS) is 1. The molecule has 0 aliphatic carbocycles. The monoisotopic (exact) mass is 355 g/mol. The molecule has 0 unspecified atom stereocenters. The number of nitrogens with zero attached hydrogens (tertiary/aromatic N) is 3. The SMILES string of the molecule is Cc1cc(SCc2cn(-c3ccccc3)nn2)ccc1OCC(=O)O. The molecule has 0 fully saturated rings. The van der Waals surface area contributed by atoms with Crippen LogP contribution in [0.2, 0.25) is 0 Å². The van der Waals surface area contributed by atoms with Gasteiger partial charge < -0.3 is 9.84 Å². The Morgan fingerprint density at radius 3 is 2.76 bits per heavy atom. The van der Waals surface area contributed by atoms with E-state index in [1.807, 2.05) is 55.6 Å². The van der Waals surface area contributed by atoms with Gasteiger partial charge in [0.05, 0.1) is 17.6 Å². The number of aromatic nitrogens is 3. The van der Waals surface area contributed by atoms with Gasteiger partial charge in [-0.25, -0.2) is 9.48 Å². The second-order valence-corrected chi connectivity index (χ2v) is 6.44. The second-order valence-electron chi connectivity index (χ2n) is 5.39. The first-order valence-corrected chi connectivity index (χ1v) is 8.65. The van der Waals surface area contributed by atoms with Crippen molar-refractivity contribution in [3.63, 3.8) is 0 Å². The van der Waals surface area contributed by atoms with Gasteiger partial charge in [0, 0.05) is 10.6 Å². The highest BCUT2D eigenvalue weighted by Crippen LogP contribution is 2.27. The highest BCUT2D eigenvalue weighted by atomic mass is 32.2. The van der Waals surface area contributed by atoms with Crippen LogP contribution in [0.3, 0.4) is 0 Å². The van der Waals surface area contributed by atoms with Gasteiger partial charge in [-0.1, -0.05) is 23.4 Å². The summed E-state index contributed by atoms with van der Waals surface area (Å²) in [7, 11) is 0. The van der Waals surface area contributed by atoms with Crippen molar-refractivity contribution in [2.45, 2.75) is 17.6 Å². The van der Waals surface area contributed by atoms with Crippen LogP contribution in [0, 0.1) is 6.92 Å². The number of aliphatic carboxylic acids is 1. The molecule has 0 spiro atoms. The second kappa shape index (κ2) is 7.85. The van der Waals surface area contributed by atoms with Crippen LogP contribution < -0.4 is 4.74 Å². The third-order valence-electron chi connectivity index (χ3n) is 3.45. The summed E-state index contributed by atoms with van der Waals surface area (Å²) in [5.41, 5.74) is 2.76. The first-order valence-electron chi connectivity index (χ1n) is 7.66. The molecule has 0 aliphatic heterocycles. The molecule has 0 atom stereocenters. The molecule has 1 heterocycles. The van der Waals surface area contributed by atoms with E-state index in [-0.39, 0.29) is 6.61 Å². The summed E-state index contributed by atoms with van der Waals surface area (Å²) in [6.45, 7) is 1.56.